The first-order chi connectivity index (χ1) is 5.36. The lowest BCUT2D eigenvalue weighted by molar-refractivity contribution is -0.114. The van der Waals surface area contributed by atoms with Crippen LogP contribution in [0.5, 0.6) is 0 Å². The second-order valence-corrected chi connectivity index (χ2v) is 2.46. The molecule has 11 heavy (non-hydrogen) atoms. The van der Waals surface area contributed by atoms with Gasteiger partial charge in [-0.05, 0) is 12.2 Å². The Morgan fingerprint density at radius 1 is 1.36 bits per heavy atom. The normalized spacial score (nSPS) is 20.9. The number of rotatable bonds is 0. The predicted octanol–water partition coefficient (Wildman–Crippen LogP) is 0.0434. The molecule has 0 unspecified atom stereocenters. The quantitative estimate of drug-likeness (QED) is 0.509. The van der Waals surface area contributed by atoms with E-state index in [1.165, 1.54) is 0 Å². The van der Waals surface area contributed by atoms with Gasteiger partial charge in [-0.3, -0.25) is 4.79 Å². The van der Waals surface area contributed by atoms with Crippen molar-refractivity contribution in [3.63, 3.8) is 0 Å². The Morgan fingerprint density at radius 2 is 2.27 bits per heavy atom. The van der Waals surface area contributed by atoms with E-state index in [-0.39, 0.29) is 5.78 Å². The summed E-state index contributed by atoms with van der Waals surface area (Å²) in [7, 11) is 0. The number of allylic oxidation sites excluding steroid dienone is 2. The summed E-state index contributed by atoms with van der Waals surface area (Å²) in [6, 6.07) is 0. The van der Waals surface area contributed by atoms with Crippen LogP contribution in [0.15, 0.2) is 35.8 Å². The van der Waals surface area contributed by atoms with E-state index in [1.54, 1.807) is 12.3 Å². The van der Waals surface area contributed by atoms with Crippen molar-refractivity contribution in [3.05, 3.63) is 35.8 Å². The number of dihydropyridines is 1. The van der Waals surface area contributed by atoms with E-state index in [2.05, 4.69) is 10.6 Å². The molecular weight excluding hydrogens is 140 g/mol. The molecule has 0 spiro atoms. The van der Waals surface area contributed by atoms with Gasteiger partial charge in [0, 0.05) is 12.3 Å². The molecule has 0 saturated carbocycles. The molecule has 0 atom stereocenters. The number of ketones is 1. The molecule has 56 valence electrons. The summed E-state index contributed by atoms with van der Waals surface area (Å²) in [5.74, 6) is 0.111. The molecule has 0 aromatic heterocycles. The van der Waals surface area contributed by atoms with E-state index in [0.29, 0.717) is 6.54 Å². The molecule has 0 radical (unpaired) electrons. The van der Waals surface area contributed by atoms with Crippen molar-refractivity contribution in [1.82, 2.24) is 10.6 Å². The lowest BCUT2D eigenvalue weighted by Gasteiger charge is -2.19. The van der Waals surface area contributed by atoms with E-state index in [4.69, 9.17) is 0 Å². The third-order valence-electron chi connectivity index (χ3n) is 1.65. The highest BCUT2D eigenvalue weighted by atomic mass is 16.1. The van der Waals surface area contributed by atoms with Crippen LogP contribution < -0.4 is 10.6 Å². The fourth-order valence-electron chi connectivity index (χ4n) is 1.12. The highest BCUT2D eigenvalue weighted by Crippen LogP contribution is 2.10. The molecule has 0 fully saturated rings. The smallest absolute Gasteiger partial charge is 0.176 e. The summed E-state index contributed by atoms with van der Waals surface area (Å²) in [6.45, 7) is 0.408. The van der Waals surface area contributed by atoms with Gasteiger partial charge in [-0.15, -0.1) is 0 Å². The van der Waals surface area contributed by atoms with Crippen LogP contribution in [0.3, 0.4) is 0 Å². The van der Waals surface area contributed by atoms with Crippen LogP contribution in [0.2, 0.25) is 0 Å². The highest BCUT2D eigenvalue weighted by molar-refractivity contribution is 5.94. The van der Waals surface area contributed by atoms with E-state index in [0.717, 1.165) is 11.4 Å². The number of hydrogen-bond donors (Lipinski definition) is 2. The first-order valence-electron chi connectivity index (χ1n) is 3.48. The molecule has 2 rings (SSSR count). The molecule has 2 aliphatic rings. The molecule has 0 saturated heterocycles. The Kier molecular flexibility index (Phi) is 1.28. The maximum Gasteiger partial charge on any atom is 0.176 e. The van der Waals surface area contributed by atoms with Gasteiger partial charge in [-0.2, -0.15) is 0 Å². The predicted molar refractivity (Wildman–Crippen MR) is 41.5 cm³/mol. The van der Waals surface area contributed by atoms with Gasteiger partial charge in [-0.25, -0.2) is 0 Å². The molecule has 0 amide bonds. The summed E-state index contributed by atoms with van der Waals surface area (Å²) in [5.41, 5.74) is 1.86. The Hall–Kier alpha value is -1.51. The standard InChI is InChI=1S/C8H8N2O/c11-6-4-8-7(10-5-6)2-1-3-9-8/h1-4,9-10H,5H2. The highest BCUT2D eigenvalue weighted by Gasteiger charge is 2.13. The molecule has 0 bridgehead atoms. The van der Waals surface area contributed by atoms with Crippen LogP contribution in [-0.2, 0) is 4.79 Å². The monoisotopic (exact) mass is 148 g/mol. The average Bonchev–Trinajstić information content (AvgIpc) is 2.04. The maximum absolute atomic E-state index is 10.9. The van der Waals surface area contributed by atoms with Crippen LogP contribution in [-0.4, -0.2) is 12.3 Å². The molecule has 2 heterocycles. The van der Waals surface area contributed by atoms with Crippen molar-refractivity contribution in [3.8, 4) is 0 Å². The average molecular weight is 148 g/mol. The molecule has 2 aliphatic heterocycles. The van der Waals surface area contributed by atoms with Gasteiger partial charge in [-0.1, -0.05) is 0 Å². The van der Waals surface area contributed by atoms with Gasteiger partial charge in [0.15, 0.2) is 5.78 Å². The van der Waals surface area contributed by atoms with Crippen LogP contribution in [0.25, 0.3) is 0 Å². The Bertz CT molecular complexity index is 286. The number of carbonyl (C=O) groups excluding carboxylic acids is 1. The van der Waals surface area contributed by atoms with Gasteiger partial charge in [0.2, 0.25) is 0 Å². The zero-order chi connectivity index (χ0) is 7.68. The topological polar surface area (TPSA) is 41.1 Å². The van der Waals surface area contributed by atoms with Crippen LogP contribution in [0.1, 0.15) is 0 Å². The largest absolute Gasteiger partial charge is 0.376 e. The summed E-state index contributed by atoms with van der Waals surface area (Å²) in [6.07, 6.45) is 7.26. The van der Waals surface area contributed by atoms with E-state index in [9.17, 15) is 4.79 Å². The Balaban J connectivity index is 2.37. The molecule has 2 N–H and O–H groups in total. The summed E-state index contributed by atoms with van der Waals surface area (Å²) in [4.78, 5) is 10.9. The fraction of sp³-hybridized carbons (Fsp3) is 0.125. The fourth-order valence-corrected chi connectivity index (χ4v) is 1.12. The lowest BCUT2D eigenvalue weighted by atomic mass is 10.1. The number of carbonyl (C=O) groups is 1. The van der Waals surface area contributed by atoms with Crippen molar-refractivity contribution in [2.45, 2.75) is 0 Å². The minimum absolute atomic E-state index is 0.111. The summed E-state index contributed by atoms with van der Waals surface area (Å²) < 4.78 is 0. The minimum Gasteiger partial charge on any atom is -0.376 e. The Labute approximate surface area is 64.5 Å². The van der Waals surface area contributed by atoms with Gasteiger partial charge in [0.05, 0.1) is 17.9 Å². The van der Waals surface area contributed by atoms with Crippen LogP contribution >= 0.6 is 0 Å². The summed E-state index contributed by atoms with van der Waals surface area (Å²) in [5, 5.41) is 5.98. The zero-order valence-electron chi connectivity index (χ0n) is 5.92. The molecular formula is C8H8N2O. The van der Waals surface area contributed by atoms with Crippen LogP contribution in [0.4, 0.5) is 0 Å². The van der Waals surface area contributed by atoms with E-state index >= 15 is 0 Å². The van der Waals surface area contributed by atoms with Gasteiger partial charge >= 0.3 is 0 Å². The molecule has 0 aliphatic carbocycles. The molecule has 3 nitrogen and oxygen atoms in total. The SMILES string of the molecule is O=C1C=C2NC=CC=C2NC1. The molecule has 0 aromatic carbocycles. The molecule has 0 aromatic rings. The van der Waals surface area contributed by atoms with E-state index in [1.807, 2.05) is 12.2 Å². The number of hydrogen-bond acceptors (Lipinski definition) is 3. The second-order valence-electron chi connectivity index (χ2n) is 2.46. The van der Waals surface area contributed by atoms with Gasteiger partial charge in [0.25, 0.3) is 0 Å². The Morgan fingerprint density at radius 3 is 3.18 bits per heavy atom. The zero-order valence-corrected chi connectivity index (χ0v) is 5.92. The van der Waals surface area contributed by atoms with E-state index < -0.39 is 0 Å². The lowest BCUT2D eigenvalue weighted by Crippen LogP contribution is -2.32. The van der Waals surface area contributed by atoms with Crippen molar-refractivity contribution in [2.75, 3.05) is 6.54 Å². The third-order valence-corrected chi connectivity index (χ3v) is 1.65. The maximum atomic E-state index is 10.9. The van der Waals surface area contributed by atoms with Gasteiger partial charge in [0.1, 0.15) is 0 Å². The second kappa shape index (κ2) is 2.27. The minimum atomic E-state index is 0.111. The third kappa shape index (κ3) is 1.05. The van der Waals surface area contributed by atoms with Crippen molar-refractivity contribution in [2.24, 2.45) is 0 Å². The first-order valence-corrected chi connectivity index (χ1v) is 3.48. The van der Waals surface area contributed by atoms with Crippen LogP contribution in [0, 0.1) is 0 Å². The summed E-state index contributed by atoms with van der Waals surface area (Å²) >= 11 is 0. The first kappa shape index (κ1) is 6.22. The van der Waals surface area contributed by atoms with Crippen molar-refractivity contribution >= 4 is 5.78 Å². The molecule has 3 heteroatoms. The number of fused-ring (bicyclic) bond motifs is 1. The van der Waals surface area contributed by atoms with Crippen molar-refractivity contribution < 1.29 is 4.79 Å². The van der Waals surface area contributed by atoms with Gasteiger partial charge < -0.3 is 10.6 Å². The van der Waals surface area contributed by atoms with Crippen molar-refractivity contribution in [1.29, 1.82) is 0 Å². The number of nitrogens with one attached hydrogen (secondary N) is 2.